The van der Waals surface area contributed by atoms with Crippen LogP contribution in [-0.4, -0.2) is 5.33 Å². The summed E-state index contributed by atoms with van der Waals surface area (Å²) in [6.07, 6.45) is 0.603. The SMILES string of the molecule is Cc1ccc(F)cc1CC(C#N)CBr. The molecule has 0 saturated heterocycles. The minimum atomic E-state index is -0.239. The first kappa shape index (κ1) is 11.2. The smallest absolute Gasteiger partial charge is 0.123 e. The Kier molecular flexibility index (Phi) is 4.09. The summed E-state index contributed by atoms with van der Waals surface area (Å²) in [5.41, 5.74) is 1.95. The second-order valence-corrected chi connectivity index (χ2v) is 3.90. The normalized spacial score (nSPS) is 12.1. The zero-order valence-electron chi connectivity index (χ0n) is 7.93. The van der Waals surface area contributed by atoms with Crippen molar-refractivity contribution in [3.63, 3.8) is 0 Å². The summed E-state index contributed by atoms with van der Waals surface area (Å²) in [6, 6.07) is 6.86. The molecular formula is C11H11BrFN. The van der Waals surface area contributed by atoms with Crippen LogP contribution >= 0.6 is 15.9 Å². The first-order valence-electron chi connectivity index (χ1n) is 4.38. The van der Waals surface area contributed by atoms with Crippen molar-refractivity contribution in [2.24, 2.45) is 5.92 Å². The fourth-order valence-electron chi connectivity index (χ4n) is 1.26. The van der Waals surface area contributed by atoms with E-state index in [1.165, 1.54) is 12.1 Å². The molecule has 1 atom stereocenters. The predicted octanol–water partition coefficient (Wildman–Crippen LogP) is 3.21. The molecule has 0 aliphatic rings. The van der Waals surface area contributed by atoms with Crippen LogP contribution in [0.3, 0.4) is 0 Å². The number of halogens is 2. The van der Waals surface area contributed by atoms with Gasteiger partial charge in [-0.2, -0.15) is 5.26 Å². The van der Waals surface area contributed by atoms with Gasteiger partial charge < -0.3 is 0 Å². The molecular weight excluding hydrogens is 245 g/mol. The molecule has 1 rings (SSSR count). The van der Waals surface area contributed by atoms with Gasteiger partial charge >= 0.3 is 0 Å². The molecule has 0 aliphatic carbocycles. The lowest BCUT2D eigenvalue weighted by Gasteiger charge is -2.08. The highest BCUT2D eigenvalue weighted by molar-refractivity contribution is 9.09. The maximum atomic E-state index is 12.9. The number of rotatable bonds is 3. The van der Waals surface area contributed by atoms with E-state index < -0.39 is 0 Å². The maximum absolute atomic E-state index is 12.9. The number of hydrogen-bond donors (Lipinski definition) is 0. The number of benzene rings is 1. The van der Waals surface area contributed by atoms with E-state index in [-0.39, 0.29) is 11.7 Å². The zero-order valence-corrected chi connectivity index (χ0v) is 9.51. The average molecular weight is 256 g/mol. The highest BCUT2D eigenvalue weighted by Gasteiger charge is 2.09. The summed E-state index contributed by atoms with van der Waals surface area (Å²) in [5, 5.41) is 9.40. The second-order valence-electron chi connectivity index (χ2n) is 3.26. The molecule has 0 saturated carbocycles. The van der Waals surface area contributed by atoms with Gasteiger partial charge in [0.25, 0.3) is 0 Å². The summed E-state index contributed by atoms with van der Waals surface area (Å²) >= 11 is 3.26. The summed E-state index contributed by atoms with van der Waals surface area (Å²) in [4.78, 5) is 0. The lowest BCUT2D eigenvalue weighted by atomic mass is 9.98. The molecule has 0 N–H and O–H groups in total. The van der Waals surface area contributed by atoms with Gasteiger partial charge in [-0.1, -0.05) is 22.0 Å². The highest BCUT2D eigenvalue weighted by atomic mass is 79.9. The Morgan fingerprint density at radius 1 is 1.57 bits per heavy atom. The third-order valence-corrected chi connectivity index (χ3v) is 2.93. The van der Waals surface area contributed by atoms with Gasteiger partial charge in [0.1, 0.15) is 5.82 Å². The van der Waals surface area contributed by atoms with E-state index in [1.807, 2.05) is 6.92 Å². The Labute approximate surface area is 91.7 Å². The Morgan fingerprint density at radius 2 is 2.29 bits per heavy atom. The average Bonchev–Trinajstić information content (AvgIpc) is 2.19. The molecule has 0 bridgehead atoms. The Morgan fingerprint density at radius 3 is 2.86 bits per heavy atom. The molecule has 0 heterocycles. The van der Waals surface area contributed by atoms with E-state index in [2.05, 4.69) is 22.0 Å². The number of hydrogen-bond acceptors (Lipinski definition) is 1. The van der Waals surface area contributed by atoms with Crippen molar-refractivity contribution in [3.05, 3.63) is 35.1 Å². The van der Waals surface area contributed by atoms with Crippen molar-refractivity contribution in [1.82, 2.24) is 0 Å². The molecule has 3 heteroatoms. The van der Waals surface area contributed by atoms with E-state index in [9.17, 15) is 4.39 Å². The van der Waals surface area contributed by atoms with Crippen molar-refractivity contribution in [3.8, 4) is 6.07 Å². The Hall–Kier alpha value is -0.880. The van der Waals surface area contributed by atoms with E-state index >= 15 is 0 Å². The number of alkyl halides is 1. The van der Waals surface area contributed by atoms with Crippen LogP contribution in [-0.2, 0) is 6.42 Å². The molecule has 1 aromatic rings. The Balaban J connectivity index is 2.86. The first-order chi connectivity index (χ1) is 6.67. The predicted molar refractivity (Wildman–Crippen MR) is 57.7 cm³/mol. The third-order valence-electron chi connectivity index (χ3n) is 2.15. The van der Waals surface area contributed by atoms with Gasteiger partial charge in [0.05, 0.1) is 12.0 Å². The fraction of sp³-hybridized carbons (Fsp3) is 0.364. The fourth-order valence-corrected chi connectivity index (χ4v) is 1.63. The standard InChI is InChI=1S/C11H11BrFN/c1-8-2-3-11(13)5-10(8)4-9(6-12)7-14/h2-3,5,9H,4,6H2,1H3. The molecule has 1 nitrogen and oxygen atoms in total. The van der Waals surface area contributed by atoms with E-state index in [0.29, 0.717) is 11.8 Å². The minimum absolute atomic E-state index is 0.0875. The van der Waals surface area contributed by atoms with Gasteiger partial charge in [0.2, 0.25) is 0 Å². The van der Waals surface area contributed by atoms with Gasteiger partial charge in [-0.05, 0) is 36.6 Å². The second kappa shape index (κ2) is 5.11. The van der Waals surface area contributed by atoms with Crippen LogP contribution in [0.4, 0.5) is 4.39 Å². The molecule has 0 amide bonds. The van der Waals surface area contributed by atoms with Crippen LogP contribution < -0.4 is 0 Å². The zero-order chi connectivity index (χ0) is 10.6. The summed E-state index contributed by atoms with van der Waals surface area (Å²) in [6.45, 7) is 1.93. The maximum Gasteiger partial charge on any atom is 0.123 e. The van der Waals surface area contributed by atoms with Crippen molar-refractivity contribution in [2.45, 2.75) is 13.3 Å². The molecule has 0 aliphatic heterocycles. The van der Waals surface area contributed by atoms with Crippen molar-refractivity contribution < 1.29 is 4.39 Å². The number of nitriles is 1. The van der Waals surface area contributed by atoms with Gasteiger partial charge in [-0.3, -0.25) is 0 Å². The van der Waals surface area contributed by atoms with Crippen LogP contribution in [0.5, 0.6) is 0 Å². The van der Waals surface area contributed by atoms with Crippen LogP contribution in [0.25, 0.3) is 0 Å². The van der Waals surface area contributed by atoms with E-state index in [1.54, 1.807) is 6.07 Å². The molecule has 0 radical (unpaired) electrons. The van der Waals surface area contributed by atoms with Crippen LogP contribution in [0.2, 0.25) is 0 Å². The third kappa shape index (κ3) is 2.81. The van der Waals surface area contributed by atoms with Crippen LogP contribution in [0, 0.1) is 30.0 Å². The Bertz CT molecular complexity index is 357. The largest absolute Gasteiger partial charge is 0.207 e. The number of nitrogens with zero attached hydrogens (tertiary/aromatic N) is 1. The topological polar surface area (TPSA) is 23.8 Å². The molecule has 74 valence electrons. The minimum Gasteiger partial charge on any atom is -0.207 e. The van der Waals surface area contributed by atoms with Gasteiger partial charge in [-0.15, -0.1) is 0 Å². The summed E-state index contributed by atoms with van der Waals surface area (Å²) in [7, 11) is 0. The highest BCUT2D eigenvalue weighted by Crippen LogP contribution is 2.16. The quantitative estimate of drug-likeness (QED) is 0.762. The lowest BCUT2D eigenvalue weighted by Crippen LogP contribution is -2.04. The molecule has 0 spiro atoms. The molecule has 0 aromatic heterocycles. The molecule has 14 heavy (non-hydrogen) atoms. The van der Waals surface area contributed by atoms with Crippen molar-refractivity contribution >= 4 is 15.9 Å². The number of aryl methyl sites for hydroxylation is 1. The molecule has 1 aromatic carbocycles. The summed E-state index contributed by atoms with van der Waals surface area (Å²) in [5.74, 6) is -0.327. The first-order valence-corrected chi connectivity index (χ1v) is 5.50. The van der Waals surface area contributed by atoms with Gasteiger partial charge in [-0.25, -0.2) is 4.39 Å². The molecule has 0 fully saturated rings. The van der Waals surface area contributed by atoms with Crippen LogP contribution in [0.15, 0.2) is 18.2 Å². The molecule has 1 unspecified atom stereocenters. The summed E-state index contributed by atoms with van der Waals surface area (Å²) < 4.78 is 12.9. The van der Waals surface area contributed by atoms with Gasteiger partial charge in [0, 0.05) is 5.33 Å². The van der Waals surface area contributed by atoms with Crippen molar-refractivity contribution in [1.29, 1.82) is 5.26 Å². The van der Waals surface area contributed by atoms with Gasteiger partial charge in [0.15, 0.2) is 0 Å². The monoisotopic (exact) mass is 255 g/mol. The van der Waals surface area contributed by atoms with Crippen LogP contribution in [0.1, 0.15) is 11.1 Å². The van der Waals surface area contributed by atoms with Crippen molar-refractivity contribution in [2.75, 3.05) is 5.33 Å². The van der Waals surface area contributed by atoms with E-state index in [0.717, 1.165) is 11.1 Å². The lowest BCUT2D eigenvalue weighted by molar-refractivity contribution is 0.622. The van der Waals surface area contributed by atoms with E-state index in [4.69, 9.17) is 5.26 Å².